The van der Waals surface area contributed by atoms with Crippen molar-refractivity contribution in [2.24, 2.45) is 0 Å². The molecule has 124 valence electrons. The van der Waals surface area contributed by atoms with Gasteiger partial charge in [0.15, 0.2) is 0 Å². The minimum atomic E-state index is -0.0459. The third-order valence-electron chi connectivity index (χ3n) is 3.67. The first-order valence-corrected chi connectivity index (χ1v) is 8.89. The van der Waals surface area contributed by atoms with Crippen molar-refractivity contribution in [2.45, 2.75) is 44.4 Å². The van der Waals surface area contributed by atoms with Gasteiger partial charge in [-0.05, 0) is 32.0 Å². The molecule has 24 heavy (non-hydrogen) atoms. The maximum atomic E-state index is 12.3. The van der Waals surface area contributed by atoms with Crippen LogP contribution in [0, 0.1) is 13.8 Å². The molecular weight excluding hydrogens is 320 g/mol. The first kappa shape index (κ1) is 16.6. The van der Waals surface area contributed by atoms with E-state index in [0.29, 0.717) is 11.4 Å². The van der Waals surface area contributed by atoms with Gasteiger partial charge in [0.05, 0.1) is 5.69 Å². The summed E-state index contributed by atoms with van der Waals surface area (Å²) in [6.07, 6.45) is 0. The summed E-state index contributed by atoms with van der Waals surface area (Å²) in [5, 5.41) is 0.914. The zero-order valence-electron chi connectivity index (χ0n) is 14.3. The molecule has 0 unspecified atom stereocenters. The number of fused-ring (bicyclic) bond motifs is 1. The van der Waals surface area contributed by atoms with Crippen LogP contribution in [0.1, 0.15) is 42.7 Å². The average molecular weight is 340 g/mol. The molecule has 0 saturated heterocycles. The molecular formula is C18H20N4OS. The number of aryl methyl sites for hydroxylation is 2. The standard InChI is InChI=1S/C18H20N4OS/c1-11(2)18-19-12(3)8-16(21-18)24-10-14-9-17(23)22-13(4)6-5-7-15(22)20-14/h5-9,11H,10H2,1-4H3. The molecule has 0 bridgehead atoms. The van der Waals surface area contributed by atoms with Crippen molar-refractivity contribution in [3.8, 4) is 0 Å². The third-order valence-corrected chi connectivity index (χ3v) is 4.61. The Hall–Kier alpha value is -2.21. The van der Waals surface area contributed by atoms with E-state index in [2.05, 4.69) is 28.8 Å². The fraction of sp³-hybridized carbons (Fsp3) is 0.333. The Morgan fingerprint density at radius 3 is 2.67 bits per heavy atom. The number of thioether (sulfide) groups is 1. The van der Waals surface area contributed by atoms with Crippen LogP contribution < -0.4 is 5.56 Å². The Bertz CT molecular complexity index is 949. The van der Waals surface area contributed by atoms with Crippen molar-refractivity contribution in [3.05, 3.63) is 63.6 Å². The molecule has 0 fully saturated rings. The Balaban J connectivity index is 1.88. The van der Waals surface area contributed by atoms with E-state index >= 15 is 0 Å². The highest BCUT2D eigenvalue weighted by Crippen LogP contribution is 2.22. The molecule has 0 radical (unpaired) electrons. The van der Waals surface area contributed by atoms with Crippen molar-refractivity contribution in [3.63, 3.8) is 0 Å². The molecule has 0 spiro atoms. The number of rotatable bonds is 4. The summed E-state index contributed by atoms with van der Waals surface area (Å²) in [6.45, 7) is 8.04. The van der Waals surface area contributed by atoms with Crippen LogP contribution in [0.5, 0.6) is 0 Å². The second-order valence-corrected chi connectivity index (χ2v) is 7.09. The summed E-state index contributed by atoms with van der Waals surface area (Å²) in [5.74, 6) is 1.74. The van der Waals surface area contributed by atoms with Crippen LogP contribution in [-0.4, -0.2) is 19.4 Å². The molecule has 0 amide bonds. The van der Waals surface area contributed by atoms with Gasteiger partial charge >= 0.3 is 0 Å². The summed E-state index contributed by atoms with van der Waals surface area (Å²) in [4.78, 5) is 26.0. The molecule has 3 heterocycles. The first-order valence-electron chi connectivity index (χ1n) is 7.91. The Morgan fingerprint density at radius 1 is 1.12 bits per heavy atom. The zero-order valence-corrected chi connectivity index (χ0v) is 15.1. The molecule has 0 aromatic carbocycles. The molecule has 0 aliphatic heterocycles. The van der Waals surface area contributed by atoms with Gasteiger partial charge < -0.3 is 0 Å². The van der Waals surface area contributed by atoms with E-state index in [-0.39, 0.29) is 11.5 Å². The van der Waals surface area contributed by atoms with E-state index in [4.69, 9.17) is 0 Å². The highest BCUT2D eigenvalue weighted by Gasteiger charge is 2.09. The second kappa shape index (κ2) is 6.73. The van der Waals surface area contributed by atoms with Gasteiger partial charge in [0.1, 0.15) is 16.5 Å². The smallest absolute Gasteiger partial charge is 0.258 e. The van der Waals surface area contributed by atoms with Crippen LogP contribution >= 0.6 is 11.8 Å². The van der Waals surface area contributed by atoms with E-state index in [1.807, 2.05) is 38.1 Å². The fourth-order valence-electron chi connectivity index (χ4n) is 2.48. The van der Waals surface area contributed by atoms with Crippen LogP contribution in [0.4, 0.5) is 0 Å². The maximum absolute atomic E-state index is 12.3. The predicted molar refractivity (Wildman–Crippen MR) is 96.6 cm³/mol. The van der Waals surface area contributed by atoms with Gasteiger partial charge in [0.2, 0.25) is 0 Å². The van der Waals surface area contributed by atoms with Crippen molar-refractivity contribution < 1.29 is 0 Å². The van der Waals surface area contributed by atoms with Crippen molar-refractivity contribution in [1.82, 2.24) is 19.4 Å². The monoisotopic (exact) mass is 340 g/mol. The fourth-order valence-corrected chi connectivity index (χ4v) is 3.34. The molecule has 3 rings (SSSR count). The second-order valence-electron chi connectivity index (χ2n) is 6.10. The molecule has 0 N–H and O–H groups in total. The largest absolute Gasteiger partial charge is 0.269 e. The quantitative estimate of drug-likeness (QED) is 0.537. The van der Waals surface area contributed by atoms with Gasteiger partial charge in [-0.1, -0.05) is 31.7 Å². The van der Waals surface area contributed by atoms with Gasteiger partial charge in [-0.3, -0.25) is 9.20 Å². The zero-order chi connectivity index (χ0) is 17.3. The molecule has 0 aliphatic rings. The van der Waals surface area contributed by atoms with Crippen LogP contribution in [-0.2, 0) is 5.75 Å². The van der Waals surface area contributed by atoms with Crippen molar-refractivity contribution in [2.75, 3.05) is 0 Å². The minimum absolute atomic E-state index is 0.0459. The summed E-state index contributed by atoms with van der Waals surface area (Å²) in [7, 11) is 0. The number of nitrogens with zero attached hydrogens (tertiary/aromatic N) is 4. The molecule has 0 saturated carbocycles. The van der Waals surface area contributed by atoms with Crippen LogP contribution in [0.15, 0.2) is 40.2 Å². The molecule has 3 aromatic rings. The number of hydrogen-bond acceptors (Lipinski definition) is 5. The van der Waals surface area contributed by atoms with Crippen molar-refractivity contribution >= 4 is 17.4 Å². The van der Waals surface area contributed by atoms with E-state index in [0.717, 1.165) is 27.9 Å². The average Bonchev–Trinajstić information content (AvgIpc) is 2.52. The van der Waals surface area contributed by atoms with E-state index in [9.17, 15) is 4.79 Å². The summed E-state index contributed by atoms with van der Waals surface area (Å²) < 4.78 is 1.62. The molecule has 0 aliphatic carbocycles. The highest BCUT2D eigenvalue weighted by atomic mass is 32.2. The Morgan fingerprint density at radius 2 is 1.92 bits per heavy atom. The Labute approximate surface area is 145 Å². The lowest BCUT2D eigenvalue weighted by Gasteiger charge is -2.09. The van der Waals surface area contributed by atoms with Gasteiger partial charge in [0.25, 0.3) is 5.56 Å². The Kier molecular flexibility index (Phi) is 4.66. The van der Waals surface area contributed by atoms with Gasteiger partial charge in [-0.15, -0.1) is 0 Å². The van der Waals surface area contributed by atoms with E-state index in [1.165, 1.54) is 0 Å². The number of hydrogen-bond donors (Lipinski definition) is 0. The predicted octanol–water partition coefficient (Wildman–Crippen LogP) is 3.52. The topological polar surface area (TPSA) is 60.2 Å². The van der Waals surface area contributed by atoms with Crippen LogP contribution in [0.3, 0.4) is 0 Å². The van der Waals surface area contributed by atoms with E-state index < -0.39 is 0 Å². The lowest BCUT2D eigenvalue weighted by atomic mass is 10.2. The number of pyridine rings is 1. The lowest BCUT2D eigenvalue weighted by Crippen LogP contribution is -2.17. The summed E-state index contributed by atoms with van der Waals surface area (Å²) in [6, 6.07) is 9.24. The van der Waals surface area contributed by atoms with Gasteiger partial charge in [0, 0.05) is 29.1 Å². The summed E-state index contributed by atoms with van der Waals surface area (Å²) in [5.41, 5.74) is 3.24. The molecule has 0 atom stereocenters. The maximum Gasteiger partial charge on any atom is 0.258 e. The highest BCUT2D eigenvalue weighted by molar-refractivity contribution is 7.98. The third kappa shape index (κ3) is 3.48. The first-order chi connectivity index (χ1) is 11.4. The normalized spacial score (nSPS) is 11.4. The summed E-state index contributed by atoms with van der Waals surface area (Å²) >= 11 is 1.58. The van der Waals surface area contributed by atoms with Crippen LogP contribution in [0.2, 0.25) is 0 Å². The molecule has 6 heteroatoms. The van der Waals surface area contributed by atoms with Gasteiger partial charge in [-0.2, -0.15) is 0 Å². The minimum Gasteiger partial charge on any atom is -0.269 e. The van der Waals surface area contributed by atoms with Crippen molar-refractivity contribution in [1.29, 1.82) is 0 Å². The lowest BCUT2D eigenvalue weighted by molar-refractivity contribution is 0.744. The van der Waals surface area contributed by atoms with Crippen LogP contribution in [0.25, 0.3) is 5.65 Å². The van der Waals surface area contributed by atoms with E-state index in [1.54, 1.807) is 22.2 Å². The molecule has 3 aromatic heterocycles. The SMILES string of the molecule is Cc1cc(SCc2cc(=O)n3c(C)cccc3n2)nc(C(C)C)n1. The van der Waals surface area contributed by atoms with Gasteiger partial charge in [-0.25, -0.2) is 15.0 Å². The number of aromatic nitrogens is 4. The molecule has 5 nitrogen and oxygen atoms in total.